The molecule has 0 aromatic carbocycles. The number of rotatable bonds is 2. The van der Waals surface area contributed by atoms with E-state index < -0.39 is 5.54 Å². The minimum absolute atomic E-state index is 0.118. The Labute approximate surface area is 86.2 Å². The van der Waals surface area contributed by atoms with Crippen LogP contribution >= 0.6 is 0 Å². The molecule has 14 heavy (non-hydrogen) atoms. The summed E-state index contributed by atoms with van der Waals surface area (Å²) < 4.78 is 4.88. The molecule has 0 spiro atoms. The third-order valence-electron chi connectivity index (χ3n) is 3.29. The minimum Gasteiger partial charge on any atom is -0.468 e. The fourth-order valence-corrected chi connectivity index (χ4v) is 2.55. The first kappa shape index (κ1) is 11.5. The van der Waals surface area contributed by atoms with Gasteiger partial charge in [0, 0.05) is 0 Å². The van der Waals surface area contributed by atoms with Crippen molar-refractivity contribution >= 4 is 5.97 Å². The van der Waals surface area contributed by atoms with Crippen LogP contribution in [-0.4, -0.2) is 25.7 Å². The van der Waals surface area contributed by atoms with Crippen molar-refractivity contribution in [3.8, 4) is 0 Å². The second kappa shape index (κ2) is 3.89. The molecule has 1 rings (SSSR count). The molecule has 0 aromatic heterocycles. The average Bonchev–Trinajstić information content (AvgIpc) is 2.14. The van der Waals surface area contributed by atoms with Gasteiger partial charge >= 0.3 is 5.97 Å². The van der Waals surface area contributed by atoms with Crippen molar-refractivity contribution in [2.24, 2.45) is 5.41 Å². The van der Waals surface area contributed by atoms with Crippen molar-refractivity contribution in [3.63, 3.8) is 0 Å². The van der Waals surface area contributed by atoms with Crippen LogP contribution in [0.4, 0.5) is 0 Å². The Morgan fingerprint density at radius 1 is 1.36 bits per heavy atom. The van der Waals surface area contributed by atoms with Crippen LogP contribution in [0.1, 0.15) is 39.5 Å². The van der Waals surface area contributed by atoms with E-state index in [0.717, 1.165) is 19.3 Å². The lowest BCUT2D eigenvalue weighted by Gasteiger charge is -2.42. The second-order valence-electron chi connectivity index (χ2n) is 5.02. The van der Waals surface area contributed by atoms with Gasteiger partial charge < -0.3 is 10.1 Å². The molecule has 1 fully saturated rings. The summed E-state index contributed by atoms with van der Waals surface area (Å²) in [5, 5.41) is 3.15. The summed E-state index contributed by atoms with van der Waals surface area (Å²) >= 11 is 0. The predicted molar refractivity (Wildman–Crippen MR) is 56.1 cm³/mol. The maximum absolute atomic E-state index is 11.7. The number of esters is 1. The zero-order chi connectivity index (χ0) is 10.8. The predicted octanol–water partition coefficient (Wildman–Crippen LogP) is 1.72. The van der Waals surface area contributed by atoms with Crippen molar-refractivity contribution < 1.29 is 9.53 Å². The molecule has 1 unspecified atom stereocenters. The third-order valence-corrected chi connectivity index (χ3v) is 3.29. The van der Waals surface area contributed by atoms with Gasteiger partial charge in [-0.05, 0) is 31.7 Å². The molecule has 1 aliphatic carbocycles. The van der Waals surface area contributed by atoms with Gasteiger partial charge in [-0.15, -0.1) is 0 Å². The number of hydrogen-bond acceptors (Lipinski definition) is 3. The molecule has 3 heteroatoms. The number of carbonyl (C=O) groups excluding carboxylic acids is 1. The first-order valence-corrected chi connectivity index (χ1v) is 5.23. The topological polar surface area (TPSA) is 38.3 Å². The second-order valence-corrected chi connectivity index (χ2v) is 5.02. The smallest absolute Gasteiger partial charge is 0.326 e. The van der Waals surface area contributed by atoms with Crippen LogP contribution in [0.3, 0.4) is 0 Å². The summed E-state index contributed by atoms with van der Waals surface area (Å²) in [6, 6.07) is 0. The molecular formula is C11H21NO2. The first-order valence-electron chi connectivity index (χ1n) is 5.23. The van der Waals surface area contributed by atoms with E-state index in [2.05, 4.69) is 19.2 Å². The van der Waals surface area contributed by atoms with Gasteiger partial charge in [0.1, 0.15) is 5.54 Å². The Kier molecular flexibility index (Phi) is 3.20. The standard InChI is InChI=1S/C11H21NO2/c1-10(2)6-5-7-11(8-10,12-3)9(13)14-4/h12H,5-8H2,1-4H3. The molecule has 0 aliphatic heterocycles. The van der Waals surface area contributed by atoms with Gasteiger partial charge in [-0.3, -0.25) is 4.79 Å². The van der Waals surface area contributed by atoms with Crippen molar-refractivity contribution in [1.82, 2.24) is 5.32 Å². The van der Waals surface area contributed by atoms with Crippen molar-refractivity contribution in [2.75, 3.05) is 14.2 Å². The molecule has 0 aromatic rings. The van der Waals surface area contributed by atoms with E-state index in [4.69, 9.17) is 4.74 Å². The normalized spacial score (nSPS) is 31.1. The molecule has 0 amide bonds. The summed E-state index contributed by atoms with van der Waals surface area (Å²) in [6.07, 6.45) is 4.03. The highest BCUT2D eigenvalue weighted by Gasteiger charge is 2.45. The molecule has 0 heterocycles. The molecule has 1 N–H and O–H groups in total. The molecular weight excluding hydrogens is 178 g/mol. The molecule has 1 aliphatic rings. The first-order chi connectivity index (χ1) is 6.46. The van der Waals surface area contributed by atoms with E-state index in [1.54, 1.807) is 0 Å². The van der Waals surface area contributed by atoms with Gasteiger partial charge in [0.15, 0.2) is 0 Å². The van der Waals surface area contributed by atoms with Gasteiger partial charge in [-0.25, -0.2) is 0 Å². The molecule has 1 atom stereocenters. The maximum atomic E-state index is 11.7. The summed E-state index contributed by atoms with van der Waals surface area (Å²) in [5.74, 6) is -0.118. The van der Waals surface area contributed by atoms with Crippen LogP contribution in [0.5, 0.6) is 0 Å². The lowest BCUT2D eigenvalue weighted by molar-refractivity contribution is -0.151. The maximum Gasteiger partial charge on any atom is 0.326 e. The van der Waals surface area contributed by atoms with Crippen LogP contribution in [0.2, 0.25) is 0 Å². The molecule has 1 saturated carbocycles. The number of hydrogen-bond donors (Lipinski definition) is 1. The SMILES string of the molecule is CNC1(C(=O)OC)CCCC(C)(C)C1. The Hall–Kier alpha value is -0.570. The van der Waals surface area contributed by atoms with E-state index in [9.17, 15) is 4.79 Å². The monoisotopic (exact) mass is 199 g/mol. The zero-order valence-corrected chi connectivity index (χ0v) is 9.64. The van der Waals surface area contributed by atoms with E-state index in [0.29, 0.717) is 0 Å². The van der Waals surface area contributed by atoms with E-state index in [1.165, 1.54) is 13.5 Å². The highest BCUT2D eigenvalue weighted by Crippen LogP contribution is 2.41. The van der Waals surface area contributed by atoms with E-state index >= 15 is 0 Å². The molecule has 82 valence electrons. The highest BCUT2D eigenvalue weighted by molar-refractivity contribution is 5.81. The molecule has 3 nitrogen and oxygen atoms in total. The lowest BCUT2D eigenvalue weighted by atomic mass is 9.68. The Bertz CT molecular complexity index is 225. The van der Waals surface area contributed by atoms with Crippen LogP contribution < -0.4 is 5.32 Å². The largest absolute Gasteiger partial charge is 0.468 e. The highest BCUT2D eigenvalue weighted by atomic mass is 16.5. The number of methoxy groups -OCH3 is 1. The summed E-state index contributed by atoms with van der Waals surface area (Å²) in [7, 11) is 3.31. The van der Waals surface area contributed by atoms with Crippen LogP contribution in [0.15, 0.2) is 0 Å². The molecule has 0 saturated heterocycles. The minimum atomic E-state index is -0.448. The molecule has 0 radical (unpaired) electrons. The lowest BCUT2D eigenvalue weighted by Crippen LogP contribution is -2.55. The van der Waals surface area contributed by atoms with E-state index in [-0.39, 0.29) is 11.4 Å². The van der Waals surface area contributed by atoms with Crippen LogP contribution in [0, 0.1) is 5.41 Å². The number of nitrogens with one attached hydrogen (secondary N) is 1. The summed E-state index contributed by atoms with van der Waals surface area (Å²) in [5.41, 5.74) is -0.216. The zero-order valence-electron chi connectivity index (χ0n) is 9.64. The van der Waals surface area contributed by atoms with Gasteiger partial charge in [0.25, 0.3) is 0 Å². The molecule has 0 bridgehead atoms. The Morgan fingerprint density at radius 3 is 2.43 bits per heavy atom. The number of likely N-dealkylation sites (N-methyl/N-ethyl adjacent to an activating group) is 1. The summed E-state index contributed by atoms with van der Waals surface area (Å²) in [6.45, 7) is 4.42. The Balaban J connectivity index is 2.83. The van der Waals surface area contributed by atoms with Crippen LogP contribution in [-0.2, 0) is 9.53 Å². The fraction of sp³-hybridized carbons (Fsp3) is 0.909. The number of ether oxygens (including phenoxy) is 1. The van der Waals surface area contributed by atoms with Gasteiger partial charge in [0.2, 0.25) is 0 Å². The van der Waals surface area contributed by atoms with Gasteiger partial charge in [0.05, 0.1) is 7.11 Å². The van der Waals surface area contributed by atoms with Crippen molar-refractivity contribution in [2.45, 2.75) is 45.1 Å². The van der Waals surface area contributed by atoms with Crippen molar-refractivity contribution in [3.05, 3.63) is 0 Å². The average molecular weight is 199 g/mol. The summed E-state index contributed by atoms with van der Waals surface area (Å²) in [4.78, 5) is 11.7. The van der Waals surface area contributed by atoms with Crippen molar-refractivity contribution in [1.29, 1.82) is 0 Å². The fourth-order valence-electron chi connectivity index (χ4n) is 2.55. The Morgan fingerprint density at radius 2 is 2.00 bits per heavy atom. The van der Waals surface area contributed by atoms with Gasteiger partial charge in [-0.1, -0.05) is 20.3 Å². The number of carbonyl (C=O) groups is 1. The van der Waals surface area contributed by atoms with E-state index in [1.807, 2.05) is 7.05 Å². The van der Waals surface area contributed by atoms with Gasteiger partial charge in [-0.2, -0.15) is 0 Å². The quantitative estimate of drug-likeness (QED) is 0.688. The third kappa shape index (κ3) is 2.08. The van der Waals surface area contributed by atoms with Crippen LogP contribution in [0.25, 0.3) is 0 Å².